The van der Waals surface area contributed by atoms with Crippen molar-refractivity contribution in [1.29, 1.82) is 0 Å². The van der Waals surface area contributed by atoms with Gasteiger partial charge in [-0.15, -0.1) is 17.0 Å². The van der Waals surface area contributed by atoms with Gasteiger partial charge in [-0.1, -0.05) is 30.3 Å². The molecule has 0 saturated carbocycles. The fourth-order valence-corrected chi connectivity index (χ4v) is 1.29. The summed E-state index contributed by atoms with van der Waals surface area (Å²) in [6, 6.07) is 9.35. The third kappa shape index (κ3) is 4.44. The van der Waals surface area contributed by atoms with Gasteiger partial charge < -0.3 is 10.6 Å². The van der Waals surface area contributed by atoms with Crippen molar-refractivity contribution in [2.45, 2.75) is 12.5 Å². The molecule has 0 bridgehead atoms. The lowest BCUT2D eigenvalue weighted by Gasteiger charge is -2.16. The number of amides is 1. The molecule has 0 heterocycles. The summed E-state index contributed by atoms with van der Waals surface area (Å²) >= 11 is 0. The number of carbonyl (C=O) groups excluding carboxylic acids is 1. The minimum atomic E-state index is -0.438. The second-order valence-electron chi connectivity index (χ2n) is 3.53. The van der Waals surface area contributed by atoms with Crippen LogP contribution in [-0.2, 0) is 11.2 Å². The summed E-state index contributed by atoms with van der Waals surface area (Å²) in [5.41, 5.74) is 6.85. The lowest BCUT2D eigenvalue weighted by molar-refractivity contribution is -0.130. The molecule has 0 radical (unpaired) electrons. The van der Waals surface area contributed by atoms with Crippen LogP contribution >= 0.6 is 17.0 Å². The van der Waals surface area contributed by atoms with Gasteiger partial charge in [-0.2, -0.15) is 0 Å². The van der Waals surface area contributed by atoms with Crippen molar-refractivity contribution >= 4 is 22.9 Å². The van der Waals surface area contributed by atoms with Crippen LogP contribution in [0.2, 0.25) is 0 Å². The van der Waals surface area contributed by atoms with Crippen molar-refractivity contribution in [1.82, 2.24) is 4.90 Å². The molecule has 0 aromatic heterocycles. The smallest absolute Gasteiger partial charge is 0.239 e. The van der Waals surface area contributed by atoms with E-state index in [2.05, 4.69) is 0 Å². The highest BCUT2D eigenvalue weighted by Crippen LogP contribution is 2.02. The summed E-state index contributed by atoms with van der Waals surface area (Å²) in [6.07, 6.45) is 0.595. The molecule has 84 valence electrons. The summed E-state index contributed by atoms with van der Waals surface area (Å²) in [7, 11) is 3.43. The predicted octanol–water partition coefficient (Wildman–Crippen LogP) is 1.22. The molecule has 0 fully saturated rings. The number of nitrogens with two attached hydrogens (primary N) is 1. The number of hydrogen-bond donors (Lipinski definition) is 1. The Morgan fingerprint density at radius 3 is 2.33 bits per heavy atom. The molecule has 3 nitrogen and oxygen atoms in total. The van der Waals surface area contributed by atoms with E-state index in [1.165, 1.54) is 4.90 Å². The van der Waals surface area contributed by atoms with Gasteiger partial charge in [0.25, 0.3) is 0 Å². The predicted molar refractivity (Wildman–Crippen MR) is 67.1 cm³/mol. The van der Waals surface area contributed by atoms with E-state index in [9.17, 15) is 4.79 Å². The minimum absolute atomic E-state index is 0. The highest BCUT2D eigenvalue weighted by Gasteiger charge is 2.15. The highest BCUT2D eigenvalue weighted by molar-refractivity contribution is 8.93. The summed E-state index contributed by atoms with van der Waals surface area (Å²) < 4.78 is 0. The molecule has 1 rings (SSSR count). The van der Waals surface area contributed by atoms with Crippen molar-refractivity contribution in [2.24, 2.45) is 5.73 Å². The lowest BCUT2D eigenvalue weighted by atomic mass is 10.1. The van der Waals surface area contributed by atoms with Crippen LogP contribution in [0, 0.1) is 0 Å². The Kier molecular flexibility index (Phi) is 6.20. The number of nitrogens with zero attached hydrogens (tertiary/aromatic N) is 1. The molecule has 2 N–H and O–H groups in total. The largest absolute Gasteiger partial charge is 0.347 e. The molecule has 0 saturated heterocycles. The molecule has 1 aromatic rings. The monoisotopic (exact) mass is 272 g/mol. The summed E-state index contributed by atoms with van der Waals surface area (Å²) in [5, 5.41) is 0. The van der Waals surface area contributed by atoms with Crippen molar-refractivity contribution in [3.63, 3.8) is 0 Å². The average molecular weight is 273 g/mol. The van der Waals surface area contributed by atoms with E-state index in [0.717, 1.165) is 5.56 Å². The second kappa shape index (κ2) is 6.58. The zero-order valence-electron chi connectivity index (χ0n) is 9.01. The first-order valence-corrected chi connectivity index (χ1v) is 4.62. The minimum Gasteiger partial charge on any atom is -0.347 e. The topological polar surface area (TPSA) is 46.3 Å². The molecule has 4 heteroatoms. The van der Waals surface area contributed by atoms with Crippen LogP contribution in [0.3, 0.4) is 0 Å². The lowest BCUT2D eigenvalue weighted by Crippen LogP contribution is -2.41. The van der Waals surface area contributed by atoms with Crippen molar-refractivity contribution in [3.05, 3.63) is 35.9 Å². The van der Waals surface area contributed by atoms with Crippen LogP contribution in [0.4, 0.5) is 0 Å². The van der Waals surface area contributed by atoms with E-state index < -0.39 is 6.04 Å². The highest BCUT2D eigenvalue weighted by atomic mass is 79.9. The molecule has 0 aliphatic rings. The van der Waals surface area contributed by atoms with Crippen LogP contribution in [0.15, 0.2) is 30.3 Å². The van der Waals surface area contributed by atoms with E-state index in [1.54, 1.807) is 14.1 Å². The Morgan fingerprint density at radius 1 is 1.33 bits per heavy atom. The first-order valence-electron chi connectivity index (χ1n) is 4.62. The number of benzene rings is 1. The van der Waals surface area contributed by atoms with Crippen molar-refractivity contribution in [3.8, 4) is 0 Å². The van der Waals surface area contributed by atoms with E-state index >= 15 is 0 Å². The average Bonchev–Trinajstić information content (AvgIpc) is 2.18. The zero-order chi connectivity index (χ0) is 10.6. The quantitative estimate of drug-likeness (QED) is 0.900. The second-order valence-corrected chi connectivity index (χ2v) is 3.53. The van der Waals surface area contributed by atoms with Gasteiger partial charge in [-0.05, 0) is 12.0 Å². The Hall–Kier alpha value is -0.870. The first-order chi connectivity index (χ1) is 6.61. The Labute approximate surface area is 101 Å². The van der Waals surface area contributed by atoms with Crippen LogP contribution in [0.5, 0.6) is 0 Å². The molecular formula is C11H17BrN2O. The van der Waals surface area contributed by atoms with Crippen LogP contribution in [0.25, 0.3) is 0 Å². The molecule has 1 atom stereocenters. The van der Waals surface area contributed by atoms with E-state index in [0.29, 0.717) is 6.42 Å². The third-order valence-electron chi connectivity index (χ3n) is 2.06. The molecule has 15 heavy (non-hydrogen) atoms. The van der Waals surface area contributed by atoms with E-state index in [-0.39, 0.29) is 22.9 Å². The standard InChI is InChI=1S/C11H16N2O.BrH/c1-13(2)11(14)10(12)8-9-6-4-3-5-7-9;/h3-7,10H,8,12H2,1-2H3;1H/t10-;/m0./s1. The van der Waals surface area contributed by atoms with Gasteiger partial charge >= 0.3 is 0 Å². The summed E-state index contributed by atoms with van der Waals surface area (Å²) in [4.78, 5) is 13.0. The van der Waals surface area contributed by atoms with Gasteiger partial charge in [0.1, 0.15) is 0 Å². The van der Waals surface area contributed by atoms with Gasteiger partial charge in [0.15, 0.2) is 0 Å². The summed E-state index contributed by atoms with van der Waals surface area (Å²) in [5.74, 6) is -0.0335. The fourth-order valence-electron chi connectivity index (χ4n) is 1.29. The molecule has 0 unspecified atom stereocenters. The van der Waals surface area contributed by atoms with Crippen molar-refractivity contribution in [2.75, 3.05) is 14.1 Å². The molecule has 0 aliphatic heterocycles. The Morgan fingerprint density at radius 2 is 1.87 bits per heavy atom. The molecule has 0 aliphatic carbocycles. The number of rotatable bonds is 3. The Balaban J connectivity index is 0.00000196. The molecule has 0 spiro atoms. The van der Waals surface area contributed by atoms with Crippen LogP contribution in [-0.4, -0.2) is 30.9 Å². The molecule has 1 aromatic carbocycles. The maximum absolute atomic E-state index is 11.4. The maximum Gasteiger partial charge on any atom is 0.239 e. The molecular weight excluding hydrogens is 256 g/mol. The van der Waals surface area contributed by atoms with E-state index in [4.69, 9.17) is 5.73 Å². The van der Waals surface area contributed by atoms with Gasteiger partial charge in [0.05, 0.1) is 6.04 Å². The number of carbonyl (C=O) groups is 1. The summed E-state index contributed by atoms with van der Waals surface area (Å²) in [6.45, 7) is 0. The first kappa shape index (κ1) is 14.1. The fraction of sp³-hybridized carbons (Fsp3) is 0.364. The van der Waals surface area contributed by atoms with E-state index in [1.807, 2.05) is 30.3 Å². The Bertz CT molecular complexity index is 301. The van der Waals surface area contributed by atoms with Gasteiger partial charge in [0.2, 0.25) is 5.91 Å². The van der Waals surface area contributed by atoms with Gasteiger partial charge in [-0.25, -0.2) is 0 Å². The van der Waals surface area contributed by atoms with Crippen LogP contribution in [0.1, 0.15) is 5.56 Å². The third-order valence-corrected chi connectivity index (χ3v) is 2.06. The van der Waals surface area contributed by atoms with Crippen molar-refractivity contribution < 1.29 is 4.79 Å². The normalized spacial score (nSPS) is 11.4. The number of halogens is 1. The van der Waals surface area contributed by atoms with Crippen LogP contribution < -0.4 is 5.73 Å². The van der Waals surface area contributed by atoms with Gasteiger partial charge in [-0.3, -0.25) is 4.79 Å². The molecule has 1 amide bonds. The zero-order valence-corrected chi connectivity index (χ0v) is 10.7. The number of likely N-dealkylation sites (N-methyl/N-ethyl adjacent to an activating group) is 1. The number of hydrogen-bond acceptors (Lipinski definition) is 2. The maximum atomic E-state index is 11.4. The SMILES string of the molecule is Br.CN(C)C(=O)[C@@H](N)Cc1ccccc1. The van der Waals surface area contributed by atoms with Gasteiger partial charge in [0, 0.05) is 14.1 Å².